The van der Waals surface area contributed by atoms with Gasteiger partial charge in [-0.05, 0) is 32.6 Å². The van der Waals surface area contributed by atoms with Crippen LogP contribution in [-0.2, 0) is 28.5 Å². The van der Waals surface area contributed by atoms with Gasteiger partial charge in [0, 0.05) is 52.6 Å². The number of carbonyl (C=O) groups excluding carboxylic acids is 2. The van der Waals surface area contributed by atoms with Gasteiger partial charge in [-0.15, -0.1) is 0 Å². The molecule has 4 heterocycles. The van der Waals surface area contributed by atoms with Crippen LogP contribution in [0.2, 0.25) is 0 Å². The number of methoxy groups -OCH3 is 2. The molecule has 0 amide bonds. The Balaban J connectivity index is 1.82. The van der Waals surface area contributed by atoms with Crippen molar-refractivity contribution in [3.05, 3.63) is 23.5 Å². The molecule has 9 heteroatoms. The number of rotatable bonds is 6. The lowest BCUT2D eigenvalue weighted by Gasteiger charge is -2.51. The minimum Gasteiger partial charge on any atom is -0.420 e. The summed E-state index contributed by atoms with van der Waals surface area (Å²) >= 11 is 0. The number of carbonyl (C=O) groups is 2. The second-order valence-corrected chi connectivity index (χ2v) is 8.00. The van der Waals surface area contributed by atoms with Gasteiger partial charge in [0.2, 0.25) is 5.60 Å². The van der Waals surface area contributed by atoms with Crippen molar-refractivity contribution in [1.82, 2.24) is 9.80 Å². The zero-order valence-corrected chi connectivity index (χ0v) is 17.1. The van der Waals surface area contributed by atoms with Gasteiger partial charge in [0.1, 0.15) is 0 Å². The Morgan fingerprint density at radius 2 is 1.21 bits per heavy atom. The number of hydrogen-bond acceptors (Lipinski definition) is 9. The van der Waals surface area contributed by atoms with E-state index in [4.69, 9.17) is 18.9 Å². The second-order valence-electron chi connectivity index (χ2n) is 8.00. The Labute approximate surface area is 169 Å². The van der Waals surface area contributed by atoms with E-state index >= 15 is 0 Å². The van der Waals surface area contributed by atoms with E-state index in [1.807, 2.05) is 9.80 Å². The molecule has 0 aliphatic carbocycles. The Kier molecular flexibility index (Phi) is 4.87. The summed E-state index contributed by atoms with van der Waals surface area (Å²) in [6, 6.07) is 0. The third-order valence-electron chi connectivity index (χ3n) is 6.42. The smallest absolute Gasteiger partial charge is 0.335 e. The van der Waals surface area contributed by atoms with Crippen LogP contribution in [0.4, 0.5) is 0 Å². The highest BCUT2D eigenvalue weighted by Crippen LogP contribution is 2.52. The summed E-state index contributed by atoms with van der Waals surface area (Å²) < 4.78 is 22.7. The maximum absolute atomic E-state index is 12.4. The molecule has 0 saturated carbocycles. The van der Waals surface area contributed by atoms with Gasteiger partial charge in [0.25, 0.3) is 11.6 Å². The summed E-state index contributed by atoms with van der Waals surface area (Å²) in [5.41, 5.74) is -1.26. The van der Waals surface area contributed by atoms with Crippen LogP contribution in [0.1, 0.15) is 32.6 Å². The van der Waals surface area contributed by atoms with Crippen molar-refractivity contribution >= 4 is 11.9 Å². The highest BCUT2D eigenvalue weighted by atomic mass is 16.8. The van der Waals surface area contributed by atoms with Gasteiger partial charge in [0.05, 0.1) is 11.4 Å². The number of esters is 2. The molecule has 1 N–H and O–H groups in total. The summed E-state index contributed by atoms with van der Waals surface area (Å²) in [5.74, 6) is -5.05. The topological polar surface area (TPSA) is 97.8 Å². The highest BCUT2D eigenvalue weighted by Gasteiger charge is 2.73. The Hall–Kier alpha value is -2.10. The van der Waals surface area contributed by atoms with Crippen molar-refractivity contribution in [1.29, 1.82) is 0 Å². The standard InChI is InChI=1S/C20H28N2O7/c1-18(25,19(26-2)14(12-16(23)28-19)21-8-4-5-9-21)20(27-3)15(13-17(24)29-20)22-10-6-7-11-22/h12-13,25H,4-11H2,1-3H3. The van der Waals surface area contributed by atoms with Gasteiger partial charge in [-0.2, -0.15) is 0 Å². The van der Waals surface area contributed by atoms with Crippen LogP contribution in [0.25, 0.3) is 0 Å². The van der Waals surface area contributed by atoms with Gasteiger partial charge < -0.3 is 33.9 Å². The molecule has 2 unspecified atom stereocenters. The summed E-state index contributed by atoms with van der Waals surface area (Å²) in [4.78, 5) is 28.6. The van der Waals surface area contributed by atoms with Crippen molar-refractivity contribution in [2.45, 2.75) is 49.8 Å². The van der Waals surface area contributed by atoms with Gasteiger partial charge in [0.15, 0.2) is 0 Å². The minimum absolute atomic E-state index is 0.410. The summed E-state index contributed by atoms with van der Waals surface area (Å²) in [5, 5.41) is 12.0. The summed E-state index contributed by atoms with van der Waals surface area (Å²) in [6.07, 6.45) is 6.49. The third-order valence-corrected chi connectivity index (χ3v) is 6.42. The fourth-order valence-electron chi connectivity index (χ4n) is 4.98. The van der Waals surface area contributed by atoms with Gasteiger partial charge in [-0.1, -0.05) is 0 Å². The van der Waals surface area contributed by atoms with Crippen LogP contribution in [0.5, 0.6) is 0 Å². The van der Waals surface area contributed by atoms with Crippen LogP contribution in [0.3, 0.4) is 0 Å². The van der Waals surface area contributed by atoms with Gasteiger partial charge in [-0.25, -0.2) is 9.59 Å². The van der Waals surface area contributed by atoms with Crippen LogP contribution in [-0.4, -0.2) is 84.4 Å². The normalized spacial score (nSPS) is 34.2. The quantitative estimate of drug-likeness (QED) is 0.630. The molecule has 29 heavy (non-hydrogen) atoms. The first-order chi connectivity index (χ1) is 13.8. The Morgan fingerprint density at radius 3 is 1.52 bits per heavy atom. The fraction of sp³-hybridized carbons (Fsp3) is 0.700. The first kappa shape index (κ1) is 20.2. The molecule has 160 valence electrons. The molecular weight excluding hydrogens is 380 g/mol. The molecule has 2 atom stereocenters. The molecule has 9 nitrogen and oxygen atoms in total. The van der Waals surface area contributed by atoms with Crippen molar-refractivity contribution < 1.29 is 33.6 Å². The number of cyclic esters (lactones) is 2. The number of hydrogen-bond donors (Lipinski definition) is 1. The maximum Gasteiger partial charge on any atom is 0.335 e. The van der Waals surface area contributed by atoms with Crippen molar-refractivity contribution in [2.75, 3.05) is 40.4 Å². The van der Waals surface area contributed by atoms with Gasteiger partial charge >= 0.3 is 11.9 Å². The largest absolute Gasteiger partial charge is 0.420 e. The Morgan fingerprint density at radius 1 is 0.862 bits per heavy atom. The van der Waals surface area contributed by atoms with E-state index < -0.39 is 29.1 Å². The average Bonchev–Trinajstić information content (AvgIpc) is 3.46. The van der Waals surface area contributed by atoms with E-state index in [1.54, 1.807) is 0 Å². The van der Waals surface area contributed by atoms with E-state index in [0.717, 1.165) is 25.7 Å². The lowest BCUT2D eigenvalue weighted by atomic mass is 9.81. The number of nitrogens with zero attached hydrogens (tertiary/aromatic N) is 2. The molecule has 4 aliphatic heterocycles. The van der Waals surface area contributed by atoms with Crippen molar-refractivity contribution in [2.24, 2.45) is 0 Å². The van der Waals surface area contributed by atoms with Gasteiger partial charge in [-0.3, -0.25) is 0 Å². The van der Waals surface area contributed by atoms with Crippen LogP contribution in [0.15, 0.2) is 23.5 Å². The number of aliphatic hydroxyl groups is 1. The maximum atomic E-state index is 12.4. The highest BCUT2D eigenvalue weighted by molar-refractivity contribution is 5.88. The Bertz CT molecular complexity index is 703. The number of likely N-dealkylation sites (tertiary alicyclic amines) is 2. The van der Waals surface area contributed by atoms with Crippen LogP contribution >= 0.6 is 0 Å². The van der Waals surface area contributed by atoms with E-state index in [2.05, 4.69) is 0 Å². The molecule has 2 saturated heterocycles. The molecule has 4 rings (SSSR count). The molecule has 0 aromatic carbocycles. The summed E-state index contributed by atoms with van der Waals surface area (Å²) in [7, 11) is 2.71. The molecule has 4 aliphatic rings. The lowest BCUT2D eigenvalue weighted by Crippen LogP contribution is -2.71. The lowest BCUT2D eigenvalue weighted by molar-refractivity contribution is -0.359. The van der Waals surface area contributed by atoms with Crippen molar-refractivity contribution in [3.8, 4) is 0 Å². The predicted octanol–water partition coefficient (Wildman–Crippen LogP) is 0.496. The monoisotopic (exact) mass is 408 g/mol. The molecule has 0 bridgehead atoms. The molecule has 0 spiro atoms. The SMILES string of the molecule is COC1(C(C)(O)C2(OC)OC(=O)C=C2N2CCCC2)OC(=O)C=C1N1CCCC1. The second kappa shape index (κ2) is 7.00. The van der Waals surface area contributed by atoms with Crippen LogP contribution in [0, 0.1) is 0 Å². The minimum atomic E-state index is -2.08. The van der Waals surface area contributed by atoms with E-state index in [0.29, 0.717) is 37.6 Å². The van der Waals surface area contributed by atoms with E-state index in [9.17, 15) is 14.7 Å². The molecule has 0 radical (unpaired) electrons. The molecule has 0 aromatic heterocycles. The fourth-order valence-corrected chi connectivity index (χ4v) is 4.98. The van der Waals surface area contributed by atoms with Crippen LogP contribution < -0.4 is 0 Å². The molecular formula is C20H28N2O7. The zero-order valence-electron chi connectivity index (χ0n) is 17.1. The first-order valence-electron chi connectivity index (χ1n) is 10.0. The molecule has 2 fully saturated rings. The predicted molar refractivity (Wildman–Crippen MR) is 100 cm³/mol. The third kappa shape index (κ3) is 2.71. The zero-order chi connectivity index (χ0) is 20.9. The molecule has 0 aromatic rings. The average molecular weight is 408 g/mol. The number of ether oxygens (including phenoxy) is 4. The van der Waals surface area contributed by atoms with Crippen molar-refractivity contribution in [3.63, 3.8) is 0 Å². The van der Waals surface area contributed by atoms with E-state index in [1.165, 1.54) is 33.3 Å². The first-order valence-corrected chi connectivity index (χ1v) is 10.0. The van der Waals surface area contributed by atoms with E-state index in [-0.39, 0.29) is 0 Å². The summed E-state index contributed by atoms with van der Waals surface area (Å²) in [6.45, 7) is 4.25.